The van der Waals surface area contributed by atoms with E-state index in [0.717, 1.165) is 0 Å². The van der Waals surface area contributed by atoms with Crippen LogP contribution in [0.4, 0.5) is 0 Å². The van der Waals surface area contributed by atoms with E-state index in [9.17, 15) is 9.59 Å². The number of carbonyl (C=O) groups excluding carboxylic acids is 2. The van der Waals surface area contributed by atoms with Crippen LogP contribution in [0.5, 0.6) is 11.5 Å². The Morgan fingerprint density at radius 2 is 1.25 bits per heavy atom. The molecule has 0 N–H and O–H groups in total. The Bertz CT molecular complexity index is 928. The quantitative estimate of drug-likeness (QED) is 0.418. The van der Waals surface area contributed by atoms with E-state index in [4.69, 9.17) is 18.3 Å². The molecule has 0 aliphatic carbocycles. The van der Waals surface area contributed by atoms with E-state index in [1.807, 2.05) is 0 Å². The molecule has 6 nitrogen and oxygen atoms in total. The highest BCUT2D eigenvalue weighted by molar-refractivity contribution is 6.13. The number of furan rings is 2. The summed E-state index contributed by atoms with van der Waals surface area (Å²) in [5.41, 5.74) is 0.474. The highest BCUT2D eigenvalue weighted by Gasteiger charge is 2.19. The van der Waals surface area contributed by atoms with Crippen molar-refractivity contribution < 1.29 is 27.9 Å². The lowest BCUT2D eigenvalue weighted by Gasteiger charge is -2.12. The molecule has 2 heterocycles. The van der Waals surface area contributed by atoms with Crippen molar-refractivity contribution in [2.75, 3.05) is 14.2 Å². The third-order valence-electron chi connectivity index (χ3n) is 3.94. The Hall–Kier alpha value is -3.80. The van der Waals surface area contributed by atoms with E-state index in [1.165, 1.54) is 51.0 Å². The van der Waals surface area contributed by atoms with Crippen LogP contribution in [0.3, 0.4) is 0 Å². The van der Waals surface area contributed by atoms with Crippen LogP contribution >= 0.6 is 0 Å². The van der Waals surface area contributed by atoms with Crippen molar-refractivity contribution in [3.8, 4) is 11.5 Å². The molecular formula is C22H18O6. The van der Waals surface area contributed by atoms with Crippen molar-refractivity contribution in [3.63, 3.8) is 0 Å². The summed E-state index contributed by atoms with van der Waals surface area (Å²) >= 11 is 0. The van der Waals surface area contributed by atoms with Crippen LogP contribution in [-0.2, 0) is 0 Å². The molecule has 0 saturated carbocycles. The fraction of sp³-hybridized carbons (Fsp3) is 0.0909. The summed E-state index contributed by atoms with van der Waals surface area (Å²) in [7, 11) is 2.89. The summed E-state index contributed by atoms with van der Waals surface area (Å²) in [6, 6.07) is 9.87. The molecule has 0 fully saturated rings. The monoisotopic (exact) mass is 378 g/mol. The smallest absolute Gasteiger partial charge is 0.189 e. The number of benzene rings is 1. The van der Waals surface area contributed by atoms with Crippen LogP contribution in [-0.4, -0.2) is 25.8 Å². The van der Waals surface area contributed by atoms with Gasteiger partial charge in [0.25, 0.3) is 0 Å². The molecule has 0 bridgehead atoms. The summed E-state index contributed by atoms with van der Waals surface area (Å²) in [4.78, 5) is 25.3. The molecule has 142 valence electrons. The second-order valence-electron chi connectivity index (χ2n) is 5.68. The van der Waals surface area contributed by atoms with Gasteiger partial charge in [-0.3, -0.25) is 9.59 Å². The van der Waals surface area contributed by atoms with Crippen molar-refractivity contribution >= 4 is 23.7 Å². The predicted octanol–water partition coefficient (Wildman–Crippen LogP) is 4.68. The predicted molar refractivity (Wildman–Crippen MR) is 104 cm³/mol. The first kappa shape index (κ1) is 19.0. The topological polar surface area (TPSA) is 78.9 Å². The van der Waals surface area contributed by atoms with Gasteiger partial charge < -0.3 is 18.3 Å². The van der Waals surface area contributed by atoms with Gasteiger partial charge in [-0.15, -0.1) is 0 Å². The lowest BCUT2D eigenvalue weighted by Crippen LogP contribution is -2.05. The molecule has 0 spiro atoms. The number of carbonyl (C=O) groups is 2. The summed E-state index contributed by atoms with van der Waals surface area (Å²) < 4.78 is 21.0. The van der Waals surface area contributed by atoms with Crippen molar-refractivity contribution in [1.29, 1.82) is 0 Å². The number of allylic oxidation sites excluding steroid dienone is 2. The molecule has 0 amide bonds. The summed E-state index contributed by atoms with van der Waals surface area (Å²) in [6.45, 7) is 0. The second kappa shape index (κ2) is 8.73. The molecule has 3 rings (SSSR count). The first-order valence-corrected chi connectivity index (χ1v) is 8.40. The average molecular weight is 378 g/mol. The maximum atomic E-state index is 12.6. The number of methoxy groups -OCH3 is 2. The van der Waals surface area contributed by atoms with Gasteiger partial charge in [-0.05, 0) is 54.6 Å². The third kappa shape index (κ3) is 4.29. The zero-order chi connectivity index (χ0) is 19.9. The fourth-order valence-corrected chi connectivity index (χ4v) is 2.55. The van der Waals surface area contributed by atoms with Gasteiger partial charge in [0.2, 0.25) is 0 Å². The van der Waals surface area contributed by atoms with Crippen LogP contribution < -0.4 is 9.47 Å². The Morgan fingerprint density at radius 3 is 1.61 bits per heavy atom. The van der Waals surface area contributed by atoms with Gasteiger partial charge in [0, 0.05) is 6.07 Å². The van der Waals surface area contributed by atoms with Crippen LogP contribution in [0.15, 0.2) is 69.9 Å². The summed E-state index contributed by atoms with van der Waals surface area (Å²) in [5.74, 6) is 1.02. The largest absolute Gasteiger partial charge is 0.496 e. The molecule has 28 heavy (non-hydrogen) atoms. The highest BCUT2D eigenvalue weighted by atomic mass is 16.5. The molecule has 2 aromatic heterocycles. The molecule has 0 radical (unpaired) electrons. The van der Waals surface area contributed by atoms with Gasteiger partial charge in [-0.25, -0.2) is 0 Å². The standard InChI is InChI=1S/C22H18O6/c1-25-21-14-22(26-2)18(20(24)10-8-16-6-4-12-28-16)13-17(21)19(23)9-7-15-5-3-11-27-15/h3-14H,1-2H3. The second-order valence-corrected chi connectivity index (χ2v) is 5.68. The molecular weight excluding hydrogens is 360 g/mol. The fourth-order valence-electron chi connectivity index (χ4n) is 2.55. The molecule has 0 aliphatic heterocycles. The average Bonchev–Trinajstić information content (AvgIpc) is 3.43. The van der Waals surface area contributed by atoms with Crippen LogP contribution in [0.2, 0.25) is 0 Å². The molecule has 0 atom stereocenters. The van der Waals surface area contributed by atoms with Crippen molar-refractivity contribution in [3.05, 3.63) is 83.7 Å². The molecule has 6 heteroatoms. The Morgan fingerprint density at radius 1 is 0.786 bits per heavy atom. The first-order valence-electron chi connectivity index (χ1n) is 8.40. The maximum absolute atomic E-state index is 12.6. The van der Waals surface area contributed by atoms with Gasteiger partial charge in [-0.2, -0.15) is 0 Å². The van der Waals surface area contributed by atoms with Crippen molar-refractivity contribution in [2.24, 2.45) is 0 Å². The van der Waals surface area contributed by atoms with Crippen molar-refractivity contribution in [2.45, 2.75) is 0 Å². The molecule has 3 aromatic rings. The van der Waals surface area contributed by atoms with E-state index >= 15 is 0 Å². The summed E-state index contributed by atoms with van der Waals surface area (Å²) in [5, 5.41) is 0. The zero-order valence-electron chi connectivity index (χ0n) is 15.4. The SMILES string of the molecule is COc1cc(OC)c(C(=O)C=Cc2ccco2)cc1C(=O)C=Cc1ccco1. The van der Waals surface area contributed by atoms with Crippen LogP contribution in [0.1, 0.15) is 32.2 Å². The highest BCUT2D eigenvalue weighted by Crippen LogP contribution is 2.30. The molecule has 0 aliphatic rings. The van der Waals surface area contributed by atoms with Gasteiger partial charge >= 0.3 is 0 Å². The van der Waals surface area contributed by atoms with Crippen LogP contribution in [0.25, 0.3) is 12.2 Å². The number of rotatable bonds is 8. The lowest BCUT2D eigenvalue weighted by atomic mass is 10.0. The van der Waals surface area contributed by atoms with Gasteiger partial charge in [0.05, 0.1) is 37.9 Å². The van der Waals surface area contributed by atoms with E-state index in [2.05, 4.69) is 0 Å². The lowest BCUT2D eigenvalue weighted by molar-refractivity contribution is 0.104. The third-order valence-corrected chi connectivity index (χ3v) is 3.94. The Kier molecular flexibility index (Phi) is 5.91. The number of hydrogen-bond acceptors (Lipinski definition) is 6. The Balaban J connectivity index is 1.94. The van der Waals surface area contributed by atoms with Crippen LogP contribution in [0, 0.1) is 0 Å². The number of ketones is 2. The minimum Gasteiger partial charge on any atom is -0.496 e. The minimum absolute atomic E-state index is 0.237. The van der Waals surface area contributed by atoms with Gasteiger partial charge in [0.15, 0.2) is 11.6 Å². The molecule has 1 aromatic carbocycles. The Labute approximate surface area is 161 Å². The van der Waals surface area contributed by atoms with E-state index in [-0.39, 0.29) is 22.7 Å². The number of hydrogen-bond donors (Lipinski definition) is 0. The normalized spacial score (nSPS) is 11.2. The maximum Gasteiger partial charge on any atom is 0.189 e. The zero-order valence-corrected chi connectivity index (χ0v) is 15.4. The van der Waals surface area contributed by atoms with E-state index in [0.29, 0.717) is 23.0 Å². The first-order chi connectivity index (χ1) is 13.6. The van der Waals surface area contributed by atoms with Gasteiger partial charge in [-0.1, -0.05) is 0 Å². The van der Waals surface area contributed by atoms with Crippen molar-refractivity contribution in [1.82, 2.24) is 0 Å². The van der Waals surface area contributed by atoms with Gasteiger partial charge in [0.1, 0.15) is 23.0 Å². The van der Waals surface area contributed by atoms with E-state index < -0.39 is 0 Å². The molecule has 0 unspecified atom stereocenters. The summed E-state index contributed by atoms with van der Waals surface area (Å²) in [6.07, 6.45) is 8.83. The van der Waals surface area contributed by atoms with E-state index in [1.54, 1.807) is 36.4 Å². The molecule has 0 saturated heterocycles. The number of ether oxygens (including phenoxy) is 2. The minimum atomic E-state index is -0.333.